The zero-order valence-electron chi connectivity index (χ0n) is 12.8. The summed E-state index contributed by atoms with van der Waals surface area (Å²) >= 11 is 0. The molecule has 1 N–H and O–H groups in total. The van der Waals surface area contributed by atoms with Gasteiger partial charge in [-0.3, -0.25) is 4.90 Å². The van der Waals surface area contributed by atoms with Gasteiger partial charge in [-0.05, 0) is 31.0 Å². The van der Waals surface area contributed by atoms with Gasteiger partial charge in [-0.25, -0.2) is 0 Å². The van der Waals surface area contributed by atoms with Crippen molar-refractivity contribution in [2.45, 2.75) is 26.4 Å². The molecule has 0 aromatic heterocycles. The van der Waals surface area contributed by atoms with E-state index >= 15 is 0 Å². The number of hydrogen-bond acceptors (Lipinski definition) is 4. The molecule has 2 rings (SSSR count). The molecule has 112 valence electrons. The lowest BCUT2D eigenvalue weighted by atomic mass is 10.1. The fourth-order valence-electron chi connectivity index (χ4n) is 2.50. The topological polar surface area (TPSA) is 33.7 Å². The molecule has 1 unspecified atom stereocenters. The second kappa shape index (κ2) is 7.62. The molecule has 4 heteroatoms. The maximum absolute atomic E-state index is 5.37. The third-order valence-electron chi connectivity index (χ3n) is 3.76. The lowest BCUT2D eigenvalue weighted by molar-refractivity contribution is 0.0343. The first-order valence-corrected chi connectivity index (χ1v) is 7.36. The Balaban J connectivity index is 1.78. The van der Waals surface area contributed by atoms with Gasteiger partial charge < -0.3 is 14.8 Å². The highest BCUT2D eigenvalue weighted by atomic mass is 16.5. The van der Waals surface area contributed by atoms with Gasteiger partial charge in [0.2, 0.25) is 0 Å². The van der Waals surface area contributed by atoms with Crippen LogP contribution in [0.25, 0.3) is 0 Å². The maximum Gasteiger partial charge on any atom is 0.122 e. The van der Waals surface area contributed by atoms with Gasteiger partial charge in [-0.1, -0.05) is 12.1 Å². The van der Waals surface area contributed by atoms with Crippen molar-refractivity contribution >= 4 is 0 Å². The van der Waals surface area contributed by atoms with Crippen molar-refractivity contribution in [2.24, 2.45) is 0 Å². The molecule has 1 aliphatic rings. The highest BCUT2D eigenvalue weighted by Crippen LogP contribution is 2.18. The number of hydrogen-bond donors (Lipinski definition) is 1. The van der Waals surface area contributed by atoms with Crippen molar-refractivity contribution in [3.8, 4) is 5.75 Å². The molecule has 20 heavy (non-hydrogen) atoms. The van der Waals surface area contributed by atoms with Crippen LogP contribution in [-0.2, 0) is 11.3 Å². The molecule has 0 saturated carbocycles. The van der Waals surface area contributed by atoms with E-state index in [1.807, 2.05) is 0 Å². The highest BCUT2D eigenvalue weighted by Gasteiger charge is 2.13. The van der Waals surface area contributed by atoms with Gasteiger partial charge in [0.15, 0.2) is 0 Å². The van der Waals surface area contributed by atoms with Gasteiger partial charge in [0, 0.05) is 32.2 Å². The number of methoxy groups -OCH3 is 1. The number of nitrogens with one attached hydrogen (secondary N) is 1. The number of ether oxygens (including phenoxy) is 2. The normalized spacial score (nSPS) is 17.9. The molecule has 1 saturated heterocycles. The predicted molar refractivity (Wildman–Crippen MR) is 81.3 cm³/mol. The van der Waals surface area contributed by atoms with Crippen LogP contribution in [-0.4, -0.2) is 50.9 Å². The SMILES string of the molecule is COc1cc(CNC(C)CN2CCOCC2)ccc1C. The van der Waals surface area contributed by atoms with Crippen molar-refractivity contribution in [3.63, 3.8) is 0 Å². The Hall–Kier alpha value is -1.10. The Labute approximate surface area is 122 Å². The van der Waals surface area contributed by atoms with Crippen LogP contribution >= 0.6 is 0 Å². The number of morpholine rings is 1. The number of rotatable bonds is 6. The monoisotopic (exact) mass is 278 g/mol. The summed E-state index contributed by atoms with van der Waals surface area (Å²) < 4.78 is 10.7. The summed E-state index contributed by atoms with van der Waals surface area (Å²) in [6.45, 7) is 10.1. The first-order chi connectivity index (χ1) is 9.69. The van der Waals surface area contributed by atoms with E-state index in [4.69, 9.17) is 9.47 Å². The van der Waals surface area contributed by atoms with Crippen molar-refractivity contribution in [1.82, 2.24) is 10.2 Å². The Kier molecular flexibility index (Phi) is 5.83. The van der Waals surface area contributed by atoms with Crippen LogP contribution in [0, 0.1) is 6.92 Å². The van der Waals surface area contributed by atoms with Crippen LogP contribution in [0.2, 0.25) is 0 Å². The molecule has 0 radical (unpaired) electrons. The summed E-state index contributed by atoms with van der Waals surface area (Å²) in [7, 11) is 1.72. The Bertz CT molecular complexity index is 417. The van der Waals surface area contributed by atoms with Crippen molar-refractivity contribution < 1.29 is 9.47 Å². The van der Waals surface area contributed by atoms with Crippen LogP contribution in [0.1, 0.15) is 18.1 Å². The fourth-order valence-corrected chi connectivity index (χ4v) is 2.50. The van der Waals surface area contributed by atoms with Crippen molar-refractivity contribution in [3.05, 3.63) is 29.3 Å². The van der Waals surface area contributed by atoms with Gasteiger partial charge >= 0.3 is 0 Å². The first kappa shape index (κ1) is 15.3. The second-order valence-corrected chi connectivity index (χ2v) is 5.50. The van der Waals surface area contributed by atoms with Crippen molar-refractivity contribution in [1.29, 1.82) is 0 Å². The van der Waals surface area contributed by atoms with E-state index in [1.54, 1.807) is 7.11 Å². The summed E-state index contributed by atoms with van der Waals surface area (Å²) in [6.07, 6.45) is 0. The smallest absolute Gasteiger partial charge is 0.122 e. The summed E-state index contributed by atoms with van der Waals surface area (Å²) in [5.41, 5.74) is 2.44. The molecule has 0 bridgehead atoms. The van der Waals surface area contributed by atoms with Gasteiger partial charge in [-0.2, -0.15) is 0 Å². The van der Waals surface area contributed by atoms with Crippen LogP contribution in [0.4, 0.5) is 0 Å². The number of nitrogens with zero attached hydrogens (tertiary/aromatic N) is 1. The average Bonchev–Trinajstić information content (AvgIpc) is 2.47. The molecular weight excluding hydrogens is 252 g/mol. The zero-order valence-corrected chi connectivity index (χ0v) is 12.8. The minimum absolute atomic E-state index is 0.473. The first-order valence-electron chi connectivity index (χ1n) is 7.36. The molecule has 1 aromatic carbocycles. The van der Waals surface area contributed by atoms with E-state index in [1.165, 1.54) is 11.1 Å². The Morgan fingerprint density at radius 2 is 2.10 bits per heavy atom. The number of benzene rings is 1. The molecule has 4 nitrogen and oxygen atoms in total. The van der Waals surface area contributed by atoms with Crippen LogP contribution < -0.4 is 10.1 Å². The predicted octanol–water partition coefficient (Wildman–Crippen LogP) is 1.81. The van der Waals surface area contributed by atoms with Gasteiger partial charge in [-0.15, -0.1) is 0 Å². The lowest BCUT2D eigenvalue weighted by Crippen LogP contribution is -2.44. The summed E-state index contributed by atoms with van der Waals surface area (Å²) in [5.74, 6) is 0.963. The van der Waals surface area contributed by atoms with Crippen molar-refractivity contribution in [2.75, 3.05) is 40.0 Å². The largest absolute Gasteiger partial charge is 0.496 e. The third kappa shape index (κ3) is 4.47. The summed E-state index contributed by atoms with van der Waals surface area (Å²) in [4.78, 5) is 2.46. The van der Waals surface area contributed by atoms with E-state index in [-0.39, 0.29) is 0 Å². The number of aryl methyl sites for hydroxylation is 1. The van der Waals surface area contributed by atoms with E-state index in [9.17, 15) is 0 Å². The maximum atomic E-state index is 5.37. The van der Waals surface area contributed by atoms with E-state index in [2.05, 4.69) is 42.3 Å². The highest BCUT2D eigenvalue weighted by molar-refractivity contribution is 5.36. The quantitative estimate of drug-likeness (QED) is 0.860. The summed E-state index contributed by atoms with van der Waals surface area (Å²) in [5, 5.41) is 3.58. The molecule has 0 spiro atoms. The Morgan fingerprint density at radius 1 is 1.35 bits per heavy atom. The molecule has 0 amide bonds. The van der Waals surface area contributed by atoms with E-state index in [0.29, 0.717) is 6.04 Å². The fraction of sp³-hybridized carbons (Fsp3) is 0.625. The lowest BCUT2D eigenvalue weighted by Gasteiger charge is -2.29. The minimum atomic E-state index is 0.473. The molecule has 1 aromatic rings. The van der Waals surface area contributed by atoms with Crippen LogP contribution in [0.5, 0.6) is 5.75 Å². The average molecular weight is 278 g/mol. The molecule has 1 fully saturated rings. The van der Waals surface area contributed by atoms with E-state index in [0.717, 1.165) is 45.1 Å². The van der Waals surface area contributed by atoms with E-state index < -0.39 is 0 Å². The summed E-state index contributed by atoms with van der Waals surface area (Å²) in [6, 6.07) is 6.86. The zero-order chi connectivity index (χ0) is 14.4. The molecular formula is C16H26N2O2. The third-order valence-corrected chi connectivity index (χ3v) is 3.76. The second-order valence-electron chi connectivity index (χ2n) is 5.50. The van der Waals surface area contributed by atoms with Gasteiger partial charge in [0.05, 0.1) is 20.3 Å². The molecule has 1 heterocycles. The van der Waals surface area contributed by atoms with Crippen LogP contribution in [0.15, 0.2) is 18.2 Å². The standard InChI is InChI=1S/C16H26N2O2/c1-13-4-5-15(10-16(13)19-3)11-17-14(2)12-18-6-8-20-9-7-18/h4-5,10,14,17H,6-9,11-12H2,1-3H3. The molecule has 0 aliphatic carbocycles. The van der Waals surface area contributed by atoms with Crippen LogP contribution in [0.3, 0.4) is 0 Å². The van der Waals surface area contributed by atoms with Gasteiger partial charge in [0.1, 0.15) is 5.75 Å². The van der Waals surface area contributed by atoms with Gasteiger partial charge in [0.25, 0.3) is 0 Å². The molecule has 1 atom stereocenters. The Morgan fingerprint density at radius 3 is 2.80 bits per heavy atom. The molecule has 1 aliphatic heterocycles. The minimum Gasteiger partial charge on any atom is -0.496 e.